The number of benzene rings is 2. The van der Waals surface area contributed by atoms with Crippen molar-refractivity contribution in [1.82, 2.24) is 9.99 Å². The number of hydrogen-bond donors (Lipinski definition) is 0. The summed E-state index contributed by atoms with van der Waals surface area (Å²) >= 11 is 5.98. The van der Waals surface area contributed by atoms with Crippen LogP contribution in [0.5, 0.6) is 0 Å². The van der Waals surface area contributed by atoms with Crippen molar-refractivity contribution in [2.24, 2.45) is 5.10 Å². The van der Waals surface area contributed by atoms with Gasteiger partial charge in [0.15, 0.2) is 0 Å². The molecular formula is C24H21ClFN3O. The van der Waals surface area contributed by atoms with E-state index in [0.717, 1.165) is 16.8 Å². The van der Waals surface area contributed by atoms with E-state index in [0.29, 0.717) is 35.8 Å². The molecule has 1 aliphatic heterocycles. The molecule has 6 heteroatoms. The maximum Gasteiger partial charge on any atom is 0.243 e. The van der Waals surface area contributed by atoms with Gasteiger partial charge < -0.3 is 0 Å². The summed E-state index contributed by atoms with van der Waals surface area (Å²) in [5, 5.41) is 6.90. The summed E-state index contributed by atoms with van der Waals surface area (Å²) in [6.45, 7) is 2.41. The van der Waals surface area contributed by atoms with Gasteiger partial charge in [0.25, 0.3) is 0 Å². The van der Waals surface area contributed by atoms with Crippen molar-refractivity contribution in [3.63, 3.8) is 0 Å². The lowest BCUT2D eigenvalue weighted by Crippen LogP contribution is -2.23. The smallest absolute Gasteiger partial charge is 0.243 e. The summed E-state index contributed by atoms with van der Waals surface area (Å²) in [5.74, 6) is -0.248. The van der Waals surface area contributed by atoms with Gasteiger partial charge in [0, 0.05) is 29.5 Å². The molecule has 1 aliphatic rings. The van der Waals surface area contributed by atoms with Crippen LogP contribution >= 0.6 is 11.6 Å². The number of pyridine rings is 1. The summed E-state index contributed by atoms with van der Waals surface area (Å²) < 4.78 is 13.3. The van der Waals surface area contributed by atoms with Gasteiger partial charge in [0.05, 0.1) is 18.0 Å². The van der Waals surface area contributed by atoms with E-state index in [1.54, 1.807) is 12.1 Å². The van der Waals surface area contributed by atoms with Crippen LogP contribution in [0.25, 0.3) is 0 Å². The minimum atomic E-state index is -0.286. The van der Waals surface area contributed by atoms with Crippen LogP contribution in [0.15, 0.2) is 71.8 Å². The Kier molecular flexibility index (Phi) is 5.91. The van der Waals surface area contributed by atoms with E-state index in [1.807, 2.05) is 49.4 Å². The second kappa shape index (κ2) is 8.76. The number of nitrogens with zero attached hydrogens (tertiary/aromatic N) is 3. The van der Waals surface area contributed by atoms with E-state index in [1.165, 1.54) is 17.1 Å². The highest BCUT2D eigenvalue weighted by Crippen LogP contribution is 2.29. The van der Waals surface area contributed by atoms with Crippen molar-refractivity contribution in [2.45, 2.75) is 25.7 Å². The van der Waals surface area contributed by atoms with Gasteiger partial charge >= 0.3 is 0 Å². The monoisotopic (exact) mass is 421 g/mol. The van der Waals surface area contributed by atoms with E-state index in [9.17, 15) is 9.18 Å². The fourth-order valence-electron chi connectivity index (χ4n) is 3.57. The van der Waals surface area contributed by atoms with Gasteiger partial charge in [-0.05, 0) is 54.4 Å². The van der Waals surface area contributed by atoms with Crippen LogP contribution in [-0.4, -0.2) is 28.2 Å². The molecule has 4 rings (SSSR count). The maximum atomic E-state index is 13.3. The molecule has 152 valence electrons. The number of carbonyl (C=O) groups is 1. The second-order valence-corrected chi connectivity index (χ2v) is 7.88. The Hall–Kier alpha value is -3.05. The molecule has 1 unspecified atom stereocenters. The molecule has 4 nitrogen and oxygen atoms in total. The van der Waals surface area contributed by atoms with E-state index in [2.05, 4.69) is 4.98 Å². The fourth-order valence-corrected chi connectivity index (χ4v) is 3.69. The van der Waals surface area contributed by atoms with E-state index in [4.69, 9.17) is 16.7 Å². The van der Waals surface area contributed by atoms with Crippen molar-refractivity contribution in [3.8, 4) is 0 Å². The number of aryl methyl sites for hydroxylation is 1. The minimum Gasteiger partial charge on any atom is -0.273 e. The summed E-state index contributed by atoms with van der Waals surface area (Å²) in [6, 6.07) is 19.6. The van der Waals surface area contributed by atoms with Crippen molar-refractivity contribution in [1.29, 1.82) is 0 Å². The summed E-state index contributed by atoms with van der Waals surface area (Å²) in [5.41, 5.74) is 4.22. The molecule has 0 spiro atoms. The Morgan fingerprint density at radius 3 is 2.57 bits per heavy atom. The molecule has 0 radical (unpaired) electrons. The zero-order valence-corrected chi connectivity index (χ0v) is 17.3. The predicted molar refractivity (Wildman–Crippen MR) is 116 cm³/mol. The molecule has 1 atom stereocenters. The molecule has 1 fully saturated rings. The molecule has 0 bridgehead atoms. The lowest BCUT2D eigenvalue weighted by atomic mass is 9.99. The standard InChI is InChI=1S/C24H21ClFN3O/c1-16-3-2-4-22(27-16)23(13-17-5-11-21(26)12-6-17)28-29-15-19(14-24(29)30)18-7-9-20(25)10-8-18/h2-12,19H,13-15H2,1H3. The Balaban J connectivity index is 1.63. The first-order chi connectivity index (χ1) is 14.5. The first kappa shape index (κ1) is 20.2. The number of rotatable bonds is 5. The minimum absolute atomic E-state index is 0.0285. The van der Waals surface area contributed by atoms with Gasteiger partial charge in [-0.25, -0.2) is 9.40 Å². The number of amides is 1. The molecule has 3 aromatic rings. The van der Waals surface area contributed by atoms with Gasteiger partial charge in [0.2, 0.25) is 5.91 Å². The van der Waals surface area contributed by atoms with Crippen molar-refractivity contribution in [2.75, 3.05) is 6.54 Å². The Bertz CT molecular complexity index is 1080. The normalized spacial score (nSPS) is 16.9. The zero-order valence-electron chi connectivity index (χ0n) is 16.6. The molecular weight excluding hydrogens is 401 g/mol. The van der Waals surface area contributed by atoms with Crippen LogP contribution in [0.2, 0.25) is 5.02 Å². The summed E-state index contributed by atoms with van der Waals surface area (Å²) in [4.78, 5) is 17.3. The van der Waals surface area contributed by atoms with Gasteiger partial charge in [-0.15, -0.1) is 0 Å². The van der Waals surface area contributed by atoms with Crippen LogP contribution in [-0.2, 0) is 11.2 Å². The van der Waals surface area contributed by atoms with Gasteiger partial charge in [-0.1, -0.05) is 41.9 Å². The Labute approximate surface area is 180 Å². The highest BCUT2D eigenvalue weighted by molar-refractivity contribution is 6.30. The number of hydrogen-bond acceptors (Lipinski definition) is 3. The molecule has 1 aromatic heterocycles. The third kappa shape index (κ3) is 4.74. The number of hydrazone groups is 1. The van der Waals surface area contributed by atoms with Crippen molar-refractivity contribution in [3.05, 3.63) is 100 Å². The lowest BCUT2D eigenvalue weighted by molar-refractivity contribution is -0.127. The summed E-state index contributed by atoms with van der Waals surface area (Å²) in [7, 11) is 0. The Morgan fingerprint density at radius 1 is 1.13 bits per heavy atom. The van der Waals surface area contributed by atoms with Crippen molar-refractivity contribution < 1.29 is 9.18 Å². The third-order valence-corrected chi connectivity index (χ3v) is 5.41. The molecule has 1 saturated heterocycles. The first-order valence-electron chi connectivity index (χ1n) is 9.80. The van der Waals surface area contributed by atoms with Crippen LogP contribution < -0.4 is 0 Å². The van der Waals surface area contributed by atoms with Crippen molar-refractivity contribution >= 4 is 23.2 Å². The highest BCUT2D eigenvalue weighted by Gasteiger charge is 2.31. The molecule has 1 amide bonds. The number of aromatic nitrogens is 1. The zero-order chi connectivity index (χ0) is 21.1. The Morgan fingerprint density at radius 2 is 1.87 bits per heavy atom. The third-order valence-electron chi connectivity index (χ3n) is 5.15. The maximum absolute atomic E-state index is 13.3. The topological polar surface area (TPSA) is 45.6 Å². The van der Waals surface area contributed by atoms with Gasteiger partial charge in [-0.3, -0.25) is 9.78 Å². The van der Waals surface area contributed by atoms with E-state index in [-0.39, 0.29) is 17.6 Å². The lowest BCUT2D eigenvalue weighted by Gasteiger charge is -2.15. The van der Waals surface area contributed by atoms with Crippen LogP contribution in [0.4, 0.5) is 4.39 Å². The molecule has 2 aromatic carbocycles. The highest BCUT2D eigenvalue weighted by atomic mass is 35.5. The molecule has 30 heavy (non-hydrogen) atoms. The van der Waals surface area contributed by atoms with Crippen LogP contribution in [0.3, 0.4) is 0 Å². The molecule has 2 heterocycles. The summed E-state index contributed by atoms with van der Waals surface area (Å²) in [6.07, 6.45) is 0.850. The first-order valence-corrected chi connectivity index (χ1v) is 10.2. The van der Waals surface area contributed by atoms with Gasteiger partial charge in [0.1, 0.15) is 5.82 Å². The largest absolute Gasteiger partial charge is 0.273 e. The average molecular weight is 422 g/mol. The predicted octanol–water partition coefficient (Wildman–Crippen LogP) is 5.15. The average Bonchev–Trinajstić information content (AvgIpc) is 3.10. The molecule has 0 saturated carbocycles. The van der Waals surface area contributed by atoms with E-state index < -0.39 is 0 Å². The number of halogens is 2. The molecule has 0 aliphatic carbocycles. The van der Waals surface area contributed by atoms with E-state index >= 15 is 0 Å². The van der Waals surface area contributed by atoms with Crippen LogP contribution in [0, 0.1) is 12.7 Å². The SMILES string of the molecule is Cc1cccc(C(Cc2ccc(F)cc2)=NN2CC(c3ccc(Cl)cc3)CC2=O)n1. The number of carbonyl (C=O) groups excluding carboxylic acids is 1. The molecule has 0 N–H and O–H groups in total. The van der Waals surface area contributed by atoms with Gasteiger partial charge in [-0.2, -0.15) is 5.10 Å². The quantitative estimate of drug-likeness (QED) is 0.535. The second-order valence-electron chi connectivity index (χ2n) is 7.44. The fraction of sp³-hybridized carbons (Fsp3) is 0.208. The van der Waals surface area contributed by atoms with Crippen LogP contribution in [0.1, 0.15) is 34.9 Å².